The lowest BCUT2D eigenvalue weighted by atomic mass is 9.94. The second-order valence-corrected chi connectivity index (χ2v) is 7.46. The van der Waals surface area contributed by atoms with Crippen molar-refractivity contribution in [2.45, 2.75) is 39.2 Å². The van der Waals surface area contributed by atoms with Crippen molar-refractivity contribution >= 4 is 17.7 Å². The Hall–Kier alpha value is -3.06. The van der Waals surface area contributed by atoms with Crippen LogP contribution in [0.25, 0.3) is 0 Å². The Morgan fingerprint density at radius 1 is 1.17 bits per heavy atom. The smallest absolute Gasteiger partial charge is 0.495 e. The van der Waals surface area contributed by atoms with Gasteiger partial charge in [-0.05, 0) is 73.6 Å². The summed E-state index contributed by atoms with van der Waals surface area (Å²) < 4.78 is 15.1. The number of rotatable bonds is 5. The molecule has 0 unspecified atom stereocenters. The average Bonchev–Trinajstić information content (AvgIpc) is 2.74. The van der Waals surface area contributed by atoms with Crippen LogP contribution in [0.3, 0.4) is 0 Å². The predicted octanol–water partition coefficient (Wildman–Crippen LogP) is 3.31. The predicted molar refractivity (Wildman–Crippen MR) is 114 cm³/mol. The van der Waals surface area contributed by atoms with Gasteiger partial charge in [-0.1, -0.05) is 12.1 Å². The van der Waals surface area contributed by atoms with E-state index in [-0.39, 0.29) is 5.91 Å². The summed E-state index contributed by atoms with van der Waals surface area (Å²) in [5.41, 5.74) is 11.0. The third-order valence-electron chi connectivity index (χ3n) is 5.44. The standard InChI is InChI=1S/C23H28N2O5/c1-14-11-17(30-23(27)29-4)12-15(2)18(14)13-19(24)22(26)25-10-6-8-16-7-5-9-20(28-3)21(16)25/h5,7,9,11-12,19H,6,8,10,13,24H2,1-4H3/t19-/m0/s1. The Morgan fingerprint density at radius 3 is 2.50 bits per heavy atom. The summed E-state index contributed by atoms with van der Waals surface area (Å²) in [6, 6.07) is 8.62. The maximum atomic E-state index is 13.3. The van der Waals surface area contributed by atoms with Crippen LogP contribution in [0.2, 0.25) is 0 Å². The van der Waals surface area contributed by atoms with Crippen molar-refractivity contribution in [2.75, 3.05) is 25.7 Å². The van der Waals surface area contributed by atoms with Crippen LogP contribution in [0.4, 0.5) is 10.5 Å². The van der Waals surface area contributed by atoms with E-state index >= 15 is 0 Å². The fourth-order valence-corrected chi connectivity index (χ4v) is 3.98. The summed E-state index contributed by atoms with van der Waals surface area (Å²) in [7, 11) is 2.87. The molecule has 0 fully saturated rings. The van der Waals surface area contributed by atoms with Crippen LogP contribution in [0.15, 0.2) is 30.3 Å². The van der Waals surface area contributed by atoms with E-state index in [1.807, 2.05) is 32.0 Å². The van der Waals surface area contributed by atoms with Crippen molar-refractivity contribution in [1.29, 1.82) is 0 Å². The Morgan fingerprint density at radius 2 is 1.87 bits per heavy atom. The molecule has 1 heterocycles. The van der Waals surface area contributed by atoms with Gasteiger partial charge in [0.25, 0.3) is 0 Å². The number of ether oxygens (including phenoxy) is 3. The molecule has 2 aromatic carbocycles. The SMILES string of the molecule is COC(=O)Oc1cc(C)c(C[C@H](N)C(=O)N2CCCc3cccc(OC)c32)c(C)c1. The van der Waals surface area contributed by atoms with E-state index in [1.165, 1.54) is 7.11 Å². The summed E-state index contributed by atoms with van der Waals surface area (Å²) in [5, 5.41) is 0. The van der Waals surface area contributed by atoms with Crippen LogP contribution in [0.5, 0.6) is 11.5 Å². The number of hydrogen-bond donors (Lipinski definition) is 1. The van der Waals surface area contributed by atoms with Crippen LogP contribution in [0, 0.1) is 13.8 Å². The molecule has 0 saturated heterocycles. The number of carbonyl (C=O) groups is 2. The summed E-state index contributed by atoms with van der Waals surface area (Å²) >= 11 is 0. The van der Waals surface area contributed by atoms with Gasteiger partial charge in [0, 0.05) is 6.54 Å². The molecule has 1 aliphatic heterocycles. The lowest BCUT2D eigenvalue weighted by molar-refractivity contribution is -0.119. The van der Waals surface area contributed by atoms with Crippen LogP contribution in [-0.2, 0) is 22.4 Å². The minimum Gasteiger partial charge on any atom is -0.495 e. The summed E-state index contributed by atoms with van der Waals surface area (Å²) in [5.74, 6) is 0.953. The lowest BCUT2D eigenvalue weighted by Gasteiger charge is -2.32. The van der Waals surface area contributed by atoms with Crippen LogP contribution in [0.1, 0.15) is 28.7 Å². The minimum atomic E-state index is -0.772. The molecule has 1 aliphatic rings. The monoisotopic (exact) mass is 412 g/mol. The quantitative estimate of drug-likeness (QED) is 0.598. The molecule has 30 heavy (non-hydrogen) atoms. The topological polar surface area (TPSA) is 91.1 Å². The van der Waals surface area contributed by atoms with Gasteiger partial charge in [-0.25, -0.2) is 4.79 Å². The molecule has 1 atom stereocenters. The van der Waals surface area contributed by atoms with Crippen molar-refractivity contribution in [2.24, 2.45) is 5.73 Å². The van der Waals surface area contributed by atoms with Crippen molar-refractivity contribution in [3.8, 4) is 11.5 Å². The zero-order valence-corrected chi connectivity index (χ0v) is 17.9. The van der Waals surface area contributed by atoms with Gasteiger partial charge in [-0.2, -0.15) is 0 Å². The molecule has 7 nitrogen and oxygen atoms in total. The number of amides is 1. The third kappa shape index (κ3) is 4.41. The first-order valence-electron chi connectivity index (χ1n) is 9.94. The molecular formula is C23H28N2O5. The molecule has 2 aromatic rings. The van der Waals surface area contributed by atoms with Gasteiger partial charge in [-0.15, -0.1) is 0 Å². The highest BCUT2D eigenvalue weighted by Crippen LogP contribution is 2.36. The number of methoxy groups -OCH3 is 2. The first-order valence-corrected chi connectivity index (χ1v) is 9.94. The van der Waals surface area contributed by atoms with Gasteiger partial charge < -0.3 is 24.8 Å². The third-order valence-corrected chi connectivity index (χ3v) is 5.44. The van der Waals surface area contributed by atoms with Gasteiger partial charge in [0.05, 0.1) is 25.9 Å². The largest absolute Gasteiger partial charge is 0.513 e. The van der Waals surface area contributed by atoms with E-state index in [0.717, 1.165) is 40.8 Å². The zero-order chi connectivity index (χ0) is 21.8. The molecule has 0 saturated carbocycles. The summed E-state index contributed by atoms with van der Waals surface area (Å²) in [4.78, 5) is 26.4. The molecule has 7 heteroatoms. The number of hydrogen-bond acceptors (Lipinski definition) is 6. The van der Waals surface area contributed by atoms with E-state index in [4.69, 9.17) is 15.2 Å². The molecule has 0 aromatic heterocycles. The van der Waals surface area contributed by atoms with E-state index in [2.05, 4.69) is 4.74 Å². The van der Waals surface area contributed by atoms with Crippen molar-refractivity contribution in [3.05, 3.63) is 52.6 Å². The second-order valence-electron chi connectivity index (χ2n) is 7.46. The number of fused-ring (bicyclic) bond motifs is 1. The number of carbonyl (C=O) groups excluding carboxylic acids is 2. The normalized spacial score (nSPS) is 14.0. The van der Waals surface area contributed by atoms with Gasteiger partial charge in [0.15, 0.2) is 0 Å². The van der Waals surface area contributed by atoms with Gasteiger partial charge >= 0.3 is 6.16 Å². The Bertz CT molecular complexity index is 919. The van der Waals surface area contributed by atoms with Gasteiger partial charge in [0.2, 0.25) is 5.91 Å². The fraction of sp³-hybridized carbons (Fsp3) is 0.391. The molecule has 0 bridgehead atoms. The molecule has 3 rings (SSSR count). The van der Waals surface area contributed by atoms with Crippen molar-refractivity contribution in [3.63, 3.8) is 0 Å². The highest BCUT2D eigenvalue weighted by molar-refractivity contribution is 5.99. The van der Waals surface area contributed by atoms with E-state index < -0.39 is 12.2 Å². The fourth-order valence-electron chi connectivity index (χ4n) is 3.98. The number of anilines is 1. The van der Waals surface area contributed by atoms with E-state index in [1.54, 1.807) is 24.1 Å². The Kier molecular flexibility index (Phi) is 6.62. The van der Waals surface area contributed by atoms with Gasteiger partial charge in [0.1, 0.15) is 11.5 Å². The lowest BCUT2D eigenvalue weighted by Crippen LogP contribution is -2.47. The average molecular weight is 412 g/mol. The first-order chi connectivity index (χ1) is 14.3. The maximum absolute atomic E-state index is 13.3. The Labute approximate surface area is 176 Å². The number of nitrogens with zero attached hydrogens (tertiary/aromatic N) is 1. The zero-order valence-electron chi connectivity index (χ0n) is 17.9. The van der Waals surface area contributed by atoms with Crippen LogP contribution in [-0.4, -0.2) is 38.9 Å². The number of nitrogens with two attached hydrogens (primary N) is 1. The van der Waals surface area contributed by atoms with Crippen molar-refractivity contribution in [1.82, 2.24) is 0 Å². The minimum absolute atomic E-state index is 0.130. The number of aryl methyl sites for hydroxylation is 3. The number of para-hydroxylation sites is 1. The Balaban J connectivity index is 1.82. The molecular weight excluding hydrogens is 384 g/mol. The highest BCUT2D eigenvalue weighted by atomic mass is 16.7. The van der Waals surface area contributed by atoms with E-state index in [0.29, 0.717) is 24.5 Å². The van der Waals surface area contributed by atoms with Crippen LogP contribution >= 0.6 is 0 Å². The van der Waals surface area contributed by atoms with E-state index in [9.17, 15) is 9.59 Å². The molecule has 0 radical (unpaired) electrons. The first kappa shape index (κ1) is 21.6. The highest BCUT2D eigenvalue weighted by Gasteiger charge is 2.29. The summed E-state index contributed by atoms with van der Waals surface area (Å²) in [6.45, 7) is 4.43. The molecule has 0 spiro atoms. The molecule has 2 N–H and O–H groups in total. The molecule has 1 amide bonds. The summed E-state index contributed by atoms with van der Waals surface area (Å²) in [6.07, 6.45) is 1.41. The molecule has 160 valence electrons. The van der Waals surface area contributed by atoms with Gasteiger partial charge in [-0.3, -0.25) is 4.79 Å². The van der Waals surface area contributed by atoms with Crippen molar-refractivity contribution < 1.29 is 23.8 Å². The maximum Gasteiger partial charge on any atom is 0.513 e. The molecule has 0 aliphatic carbocycles. The second kappa shape index (κ2) is 9.17. The number of benzene rings is 2. The van der Waals surface area contributed by atoms with Crippen LogP contribution < -0.4 is 20.1 Å².